The van der Waals surface area contributed by atoms with Gasteiger partial charge < -0.3 is 10.4 Å². The van der Waals surface area contributed by atoms with Crippen LogP contribution < -0.4 is 5.32 Å². The maximum atomic E-state index is 9.76. The standard InChI is InChI=1S/C16H21N3O/c20-11-16(8-4-1-5-9-16)10-17-15-13-6-2-3-7-14(13)18-12-19-15/h2-3,6-7,12,20H,1,4-5,8-11H2,(H,17,18,19). The third-order valence-corrected chi connectivity index (χ3v) is 4.42. The maximum Gasteiger partial charge on any atom is 0.137 e. The van der Waals surface area contributed by atoms with Crippen LogP contribution in [0.2, 0.25) is 0 Å². The van der Waals surface area contributed by atoms with Crippen molar-refractivity contribution in [2.75, 3.05) is 18.5 Å². The summed E-state index contributed by atoms with van der Waals surface area (Å²) in [5.74, 6) is 0.869. The number of rotatable bonds is 4. The summed E-state index contributed by atoms with van der Waals surface area (Å²) < 4.78 is 0. The molecule has 20 heavy (non-hydrogen) atoms. The molecule has 0 spiro atoms. The fraction of sp³-hybridized carbons (Fsp3) is 0.500. The van der Waals surface area contributed by atoms with Crippen molar-refractivity contribution < 1.29 is 5.11 Å². The van der Waals surface area contributed by atoms with Crippen LogP contribution in [0.25, 0.3) is 10.9 Å². The molecule has 1 aliphatic carbocycles. The van der Waals surface area contributed by atoms with Crippen molar-refractivity contribution in [3.63, 3.8) is 0 Å². The predicted molar refractivity (Wildman–Crippen MR) is 80.6 cm³/mol. The molecule has 4 nitrogen and oxygen atoms in total. The number of nitrogens with zero attached hydrogens (tertiary/aromatic N) is 2. The maximum absolute atomic E-state index is 9.76. The molecule has 0 bridgehead atoms. The summed E-state index contributed by atoms with van der Waals surface area (Å²) in [5, 5.41) is 14.2. The second kappa shape index (κ2) is 5.75. The first-order valence-electron chi connectivity index (χ1n) is 7.37. The van der Waals surface area contributed by atoms with Crippen LogP contribution >= 0.6 is 0 Å². The minimum atomic E-state index is 0.0182. The van der Waals surface area contributed by atoms with Gasteiger partial charge in [0.25, 0.3) is 0 Å². The Kier molecular flexibility index (Phi) is 3.83. The van der Waals surface area contributed by atoms with Crippen LogP contribution in [-0.4, -0.2) is 28.2 Å². The smallest absolute Gasteiger partial charge is 0.137 e. The molecule has 0 atom stereocenters. The van der Waals surface area contributed by atoms with E-state index in [4.69, 9.17) is 0 Å². The van der Waals surface area contributed by atoms with Crippen molar-refractivity contribution in [1.82, 2.24) is 9.97 Å². The molecular weight excluding hydrogens is 250 g/mol. The topological polar surface area (TPSA) is 58.0 Å². The van der Waals surface area contributed by atoms with Gasteiger partial charge in [0.15, 0.2) is 0 Å². The van der Waals surface area contributed by atoms with Crippen LogP contribution in [0, 0.1) is 5.41 Å². The van der Waals surface area contributed by atoms with Crippen LogP contribution in [0.3, 0.4) is 0 Å². The molecule has 106 valence electrons. The Balaban J connectivity index is 1.79. The largest absolute Gasteiger partial charge is 0.396 e. The number of para-hydroxylation sites is 1. The number of hydrogen-bond acceptors (Lipinski definition) is 4. The first-order chi connectivity index (χ1) is 9.83. The highest BCUT2D eigenvalue weighted by molar-refractivity contribution is 5.88. The molecule has 2 N–H and O–H groups in total. The summed E-state index contributed by atoms with van der Waals surface area (Å²) in [6.45, 7) is 1.04. The van der Waals surface area contributed by atoms with Gasteiger partial charge in [-0.1, -0.05) is 31.4 Å². The Labute approximate surface area is 119 Å². The molecule has 1 heterocycles. The van der Waals surface area contributed by atoms with Crippen molar-refractivity contribution >= 4 is 16.7 Å². The molecule has 2 aromatic rings. The molecule has 1 aromatic heterocycles. The number of aliphatic hydroxyl groups excluding tert-OH is 1. The van der Waals surface area contributed by atoms with Gasteiger partial charge in [-0.3, -0.25) is 0 Å². The molecule has 1 saturated carbocycles. The van der Waals surface area contributed by atoms with Crippen molar-refractivity contribution in [2.24, 2.45) is 5.41 Å². The monoisotopic (exact) mass is 271 g/mol. The van der Waals surface area contributed by atoms with Gasteiger partial charge in [-0.05, 0) is 25.0 Å². The van der Waals surface area contributed by atoms with E-state index in [1.54, 1.807) is 6.33 Å². The van der Waals surface area contributed by atoms with E-state index in [-0.39, 0.29) is 12.0 Å². The highest BCUT2D eigenvalue weighted by Crippen LogP contribution is 2.36. The van der Waals surface area contributed by atoms with Crippen LogP contribution in [0.15, 0.2) is 30.6 Å². The van der Waals surface area contributed by atoms with Crippen LogP contribution in [0.4, 0.5) is 5.82 Å². The van der Waals surface area contributed by atoms with Crippen LogP contribution in [0.1, 0.15) is 32.1 Å². The minimum absolute atomic E-state index is 0.0182. The average Bonchev–Trinajstić information content (AvgIpc) is 2.54. The van der Waals surface area contributed by atoms with Gasteiger partial charge in [-0.25, -0.2) is 9.97 Å². The Morgan fingerprint density at radius 3 is 2.70 bits per heavy atom. The number of nitrogens with one attached hydrogen (secondary N) is 1. The summed E-state index contributed by atoms with van der Waals surface area (Å²) in [6, 6.07) is 8.00. The van der Waals surface area contributed by atoms with Gasteiger partial charge in [0.1, 0.15) is 12.1 Å². The van der Waals surface area contributed by atoms with E-state index in [0.717, 1.165) is 36.1 Å². The molecular formula is C16H21N3O. The van der Waals surface area contributed by atoms with Crippen molar-refractivity contribution in [1.29, 1.82) is 0 Å². The summed E-state index contributed by atoms with van der Waals surface area (Å²) in [7, 11) is 0. The lowest BCUT2D eigenvalue weighted by molar-refractivity contribution is 0.0943. The van der Waals surface area contributed by atoms with E-state index >= 15 is 0 Å². The third kappa shape index (κ3) is 2.61. The van der Waals surface area contributed by atoms with Gasteiger partial charge in [-0.2, -0.15) is 0 Å². The summed E-state index contributed by atoms with van der Waals surface area (Å²) in [4.78, 5) is 8.63. The zero-order chi connectivity index (χ0) is 13.8. The third-order valence-electron chi connectivity index (χ3n) is 4.42. The lowest BCUT2D eigenvalue weighted by Gasteiger charge is -2.35. The summed E-state index contributed by atoms with van der Waals surface area (Å²) in [6.07, 6.45) is 7.51. The van der Waals surface area contributed by atoms with Crippen LogP contribution in [-0.2, 0) is 0 Å². The Morgan fingerprint density at radius 2 is 1.90 bits per heavy atom. The van der Waals surface area contributed by atoms with Gasteiger partial charge in [0, 0.05) is 17.3 Å². The lowest BCUT2D eigenvalue weighted by Crippen LogP contribution is -2.35. The molecule has 0 saturated heterocycles. The first-order valence-corrected chi connectivity index (χ1v) is 7.37. The number of fused-ring (bicyclic) bond motifs is 1. The predicted octanol–water partition coefficient (Wildman–Crippen LogP) is 2.98. The number of aliphatic hydroxyl groups is 1. The normalized spacial score (nSPS) is 18.1. The molecule has 1 aliphatic rings. The SMILES string of the molecule is OCC1(CNc2ncnc3ccccc23)CCCCC1. The molecule has 1 fully saturated rings. The molecule has 0 amide bonds. The van der Waals surface area contributed by atoms with E-state index < -0.39 is 0 Å². The molecule has 0 radical (unpaired) electrons. The van der Waals surface area contributed by atoms with Crippen molar-refractivity contribution in [3.8, 4) is 0 Å². The highest BCUT2D eigenvalue weighted by atomic mass is 16.3. The molecule has 1 aromatic carbocycles. The Hall–Kier alpha value is -1.68. The second-order valence-electron chi connectivity index (χ2n) is 5.81. The Bertz CT molecular complexity index is 573. The minimum Gasteiger partial charge on any atom is -0.396 e. The average molecular weight is 271 g/mol. The molecule has 0 aliphatic heterocycles. The number of anilines is 1. The molecule has 4 heteroatoms. The number of benzene rings is 1. The zero-order valence-corrected chi connectivity index (χ0v) is 11.7. The quantitative estimate of drug-likeness (QED) is 0.897. The fourth-order valence-corrected chi connectivity index (χ4v) is 3.11. The van der Waals surface area contributed by atoms with E-state index in [1.807, 2.05) is 24.3 Å². The van der Waals surface area contributed by atoms with Gasteiger partial charge >= 0.3 is 0 Å². The number of hydrogen-bond donors (Lipinski definition) is 2. The van der Waals surface area contributed by atoms with Crippen molar-refractivity contribution in [3.05, 3.63) is 30.6 Å². The van der Waals surface area contributed by atoms with E-state index in [0.29, 0.717) is 0 Å². The van der Waals surface area contributed by atoms with E-state index in [2.05, 4.69) is 15.3 Å². The van der Waals surface area contributed by atoms with Gasteiger partial charge in [-0.15, -0.1) is 0 Å². The fourth-order valence-electron chi connectivity index (χ4n) is 3.11. The lowest BCUT2D eigenvalue weighted by atomic mass is 9.74. The second-order valence-corrected chi connectivity index (χ2v) is 5.81. The van der Waals surface area contributed by atoms with Crippen molar-refractivity contribution in [2.45, 2.75) is 32.1 Å². The highest BCUT2D eigenvalue weighted by Gasteiger charge is 2.31. The first kappa shape index (κ1) is 13.3. The summed E-state index contributed by atoms with van der Waals surface area (Å²) >= 11 is 0. The van der Waals surface area contributed by atoms with Gasteiger partial charge in [0.2, 0.25) is 0 Å². The van der Waals surface area contributed by atoms with E-state index in [1.165, 1.54) is 19.3 Å². The van der Waals surface area contributed by atoms with Gasteiger partial charge in [0.05, 0.1) is 12.1 Å². The zero-order valence-electron chi connectivity index (χ0n) is 11.7. The molecule has 0 unspecified atom stereocenters. The molecule has 3 rings (SSSR count). The van der Waals surface area contributed by atoms with E-state index in [9.17, 15) is 5.11 Å². The summed E-state index contributed by atoms with van der Waals surface area (Å²) in [5.41, 5.74) is 0.969. The van der Waals surface area contributed by atoms with Crippen LogP contribution in [0.5, 0.6) is 0 Å². The number of aromatic nitrogens is 2. The Morgan fingerprint density at radius 1 is 1.10 bits per heavy atom.